The van der Waals surface area contributed by atoms with Gasteiger partial charge in [0.15, 0.2) is 0 Å². The number of hydrogen-bond acceptors (Lipinski definition) is 6. The van der Waals surface area contributed by atoms with Gasteiger partial charge in [-0.3, -0.25) is 4.79 Å². The molecule has 7 heteroatoms. The molecule has 25 heavy (non-hydrogen) atoms. The molecule has 1 N–H and O–H groups in total. The van der Waals surface area contributed by atoms with Gasteiger partial charge in [0, 0.05) is 18.7 Å². The van der Waals surface area contributed by atoms with Gasteiger partial charge < -0.3 is 14.6 Å². The second kappa shape index (κ2) is 8.49. The highest BCUT2D eigenvalue weighted by molar-refractivity contribution is 7.99. The molecule has 0 aliphatic carbocycles. The molecule has 2 aromatic rings. The van der Waals surface area contributed by atoms with Crippen molar-refractivity contribution in [2.75, 3.05) is 18.9 Å². The number of nitrogens with one attached hydrogen (secondary N) is 1. The number of hydrogen-bond donors (Lipinski definition) is 1. The summed E-state index contributed by atoms with van der Waals surface area (Å²) in [6.45, 7) is 5.67. The summed E-state index contributed by atoms with van der Waals surface area (Å²) in [5, 5.41) is 7.26. The smallest absolute Gasteiger partial charge is 0.286 e. The molecule has 1 saturated heterocycles. The van der Waals surface area contributed by atoms with Crippen molar-refractivity contribution in [2.24, 2.45) is 0 Å². The maximum absolute atomic E-state index is 11.9. The highest BCUT2D eigenvalue weighted by Crippen LogP contribution is 2.23. The van der Waals surface area contributed by atoms with Gasteiger partial charge in [0.25, 0.3) is 5.22 Å². The Bertz CT molecular complexity index is 694. The van der Waals surface area contributed by atoms with Crippen LogP contribution < -0.4 is 5.32 Å². The average molecular weight is 361 g/mol. The van der Waals surface area contributed by atoms with Gasteiger partial charge in [0.05, 0.1) is 11.9 Å². The number of carbonyl (C=O) groups is 1. The van der Waals surface area contributed by atoms with Crippen molar-refractivity contribution >= 4 is 17.7 Å². The van der Waals surface area contributed by atoms with E-state index in [-0.39, 0.29) is 17.8 Å². The molecular weight excluding hydrogens is 338 g/mol. The third-order valence-corrected chi connectivity index (χ3v) is 4.94. The Kier molecular flexibility index (Phi) is 6.09. The van der Waals surface area contributed by atoms with Crippen molar-refractivity contribution < 1.29 is 14.1 Å². The molecule has 1 aliphatic heterocycles. The lowest BCUT2D eigenvalue weighted by Crippen LogP contribution is -2.32. The SMILES string of the molecule is CC(C)c1ccc(-c2noc(SCC(=O)NC[C@H]3CCCO3)n2)cc1. The summed E-state index contributed by atoms with van der Waals surface area (Å²) in [5.41, 5.74) is 2.17. The third kappa shape index (κ3) is 5.06. The van der Waals surface area contributed by atoms with Crippen LogP contribution in [-0.2, 0) is 9.53 Å². The van der Waals surface area contributed by atoms with Crippen LogP contribution in [-0.4, -0.2) is 41.1 Å². The van der Waals surface area contributed by atoms with Crippen molar-refractivity contribution in [3.8, 4) is 11.4 Å². The van der Waals surface area contributed by atoms with Gasteiger partial charge in [-0.05, 0) is 24.3 Å². The van der Waals surface area contributed by atoms with E-state index in [1.54, 1.807) is 0 Å². The Balaban J connectivity index is 1.48. The van der Waals surface area contributed by atoms with Gasteiger partial charge in [-0.25, -0.2) is 0 Å². The molecule has 2 heterocycles. The number of aromatic nitrogens is 2. The van der Waals surface area contributed by atoms with Crippen LogP contribution in [0.5, 0.6) is 0 Å². The largest absolute Gasteiger partial charge is 0.376 e. The number of nitrogens with zero attached hydrogens (tertiary/aromatic N) is 2. The lowest BCUT2D eigenvalue weighted by molar-refractivity contribution is -0.119. The lowest BCUT2D eigenvalue weighted by Gasteiger charge is -2.09. The first-order chi connectivity index (χ1) is 12.1. The number of ether oxygens (including phenoxy) is 1. The summed E-state index contributed by atoms with van der Waals surface area (Å²) in [6, 6.07) is 8.12. The van der Waals surface area contributed by atoms with Crippen LogP contribution in [0.2, 0.25) is 0 Å². The number of amides is 1. The molecule has 134 valence electrons. The minimum absolute atomic E-state index is 0.0541. The fourth-order valence-electron chi connectivity index (χ4n) is 2.61. The van der Waals surface area contributed by atoms with Gasteiger partial charge in [-0.1, -0.05) is 55.0 Å². The van der Waals surface area contributed by atoms with Crippen molar-refractivity contribution in [1.82, 2.24) is 15.5 Å². The van der Waals surface area contributed by atoms with Crippen LogP contribution >= 0.6 is 11.8 Å². The van der Waals surface area contributed by atoms with Crippen LogP contribution in [0.1, 0.15) is 38.2 Å². The highest BCUT2D eigenvalue weighted by Gasteiger charge is 2.17. The zero-order valence-corrected chi connectivity index (χ0v) is 15.3. The summed E-state index contributed by atoms with van der Waals surface area (Å²) in [6.07, 6.45) is 2.23. The first-order valence-corrected chi connectivity index (χ1v) is 9.55. The summed E-state index contributed by atoms with van der Waals surface area (Å²) in [7, 11) is 0. The van der Waals surface area contributed by atoms with Crippen molar-refractivity contribution in [3.63, 3.8) is 0 Å². The Morgan fingerprint density at radius 3 is 2.84 bits per heavy atom. The van der Waals surface area contributed by atoms with Gasteiger partial charge >= 0.3 is 0 Å². The molecule has 6 nitrogen and oxygen atoms in total. The van der Waals surface area contributed by atoms with Crippen LogP contribution in [0.3, 0.4) is 0 Å². The minimum Gasteiger partial charge on any atom is -0.376 e. The molecule has 0 radical (unpaired) electrons. The molecule has 1 aliphatic rings. The quantitative estimate of drug-likeness (QED) is 0.763. The van der Waals surface area contributed by atoms with E-state index in [1.807, 2.05) is 12.1 Å². The van der Waals surface area contributed by atoms with Crippen molar-refractivity contribution in [3.05, 3.63) is 29.8 Å². The fourth-order valence-corrected chi connectivity index (χ4v) is 3.21. The molecular formula is C18H23N3O3S. The van der Waals surface area contributed by atoms with Gasteiger partial charge in [-0.2, -0.15) is 4.98 Å². The zero-order chi connectivity index (χ0) is 17.6. The van der Waals surface area contributed by atoms with Crippen molar-refractivity contribution in [1.29, 1.82) is 0 Å². The fraction of sp³-hybridized carbons (Fsp3) is 0.500. The Hall–Kier alpha value is -1.86. The van der Waals surface area contributed by atoms with Crippen molar-refractivity contribution in [2.45, 2.75) is 43.9 Å². The second-order valence-electron chi connectivity index (χ2n) is 6.39. The predicted molar refractivity (Wildman–Crippen MR) is 96.5 cm³/mol. The number of rotatable bonds is 7. The van der Waals surface area contributed by atoms with Crippen LogP contribution in [0.25, 0.3) is 11.4 Å². The van der Waals surface area contributed by atoms with E-state index in [0.717, 1.165) is 25.0 Å². The first-order valence-electron chi connectivity index (χ1n) is 8.57. The van der Waals surface area contributed by atoms with E-state index in [4.69, 9.17) is 9.26 Å². The standard InChI is InChI=1S/C18H23N3O3S/c1-12(2)13-5-7-14(8-6-13)17-20-18(24-21-17)25-11-16(22)19-10-15-4-3-9-23-15/h5-8,12,15H,3-4,9-11H2,1-2H3,(H,19,22)/t15-/m1/s1. The topological polar surface area (TPSA) is 77.2 Å². The average Bonchev–Trinajstić information content (AvgIpc) is 3.30. The Morgan fingerprint density at radius 2 is 2.16 bits per heavy atom. The highest BCUT2D eigenvalue weighted by atomic mass is 32.2. The second-order valence-corrected chi connectivity index (χ2v) is 7.31. The summed E-state index contributed by atoms with van der Waals surface area (Å²) in [5.74, 6) is 1.22. The predicted octanol–water partition coefficient (Wildman–Crippen LogP) is 3.25. The zero-order valence-electron chi connectivity index (χ0n) is 14.5. The molecule has 1 aromatic heterocycles. The third-order valence-electron chi connectivity index (χ3n) is 4.12. The van der Waals surface area contributed by atoms with E-state index in [1.165, 1.54) is 17.3 Å². The number of carbonyl (C=O) groups excluding carboxylic acids is 1. The molecule has 0 unspecified atom stereocenters. The van der Waals surface area contributed by atoms with Gasteiger partial charge in [0.2, 0.25) is 11.7 Å². The summed E-state index contributed by atoms with van der Waals surface area (Å²) < 4.78 is 10.7. The molecule has 1 atom stereocenters. The van der Waals surface area contributed by atoms with E-state index < -0.39 is 0 Å². The summed E-state index contributed by atoms with van der Waals surface area (Å²) >= 11 is 1.24. The normalized spacial score (nSPS) is 17.2. The number of thioether (sulfide) groups is 1. The maximum atomic E-state index is 11.9. The molecule has 1 amide bonds. The molecule has 3 rings (SSSR count). The maximum Gasteiger partial charge on any atom is 0.286 e. The molecule has 0 bridgehead atoms. The summed E-state index contributed by atoms with van der Waals surface area (Å²) in [4.78, 5) is 16.2. The van der Waals surface area contributed by atoms with E-state index in [2.05, 4.69) is 41.4 Å². The van der Waals surface area contributed by atoms with Crippen LogP contribution in [0, 0.1) is 0 Å². The van der Waals surface area contributed by atoms with Gasteiger partial charge in [-0.15, -0.1) is 0 Å². The number of benzene rings is 1. The van der Waals surface area contributed by atoms with E-state index >= 15 is 0 Å². The van der Waals surface area contributed by atoms with Crippen LogP contribution in [0.4, 0.5) is 0 Å². The minimum atomic E-state index is -0.0541. The van der Waals surface area contributed by atoms with Gasteiger partial charge in [0.1, 0.15) is 0 Å². The molecule has 1 fully saturated rings. The molecule has 0 saturated carbocycles. The van der Waals surface area contributed by atoms with E-state index in [9.17, 15) is 4.79 Å². The molecule has 0 spiro atoms. The first kappa shape index (κ1) is 17.9. The van der Waals surface area contributed by atoms with Crippen LogP contribution in [0.15, 0.2) is 34.0 Å². The molecule has 1 aromatic carbocycles. The lowest BCUT2D eigenvalue weighted by atomic mass is 10.0. The Morgan fingerprint density at radius 1 is 1.36 bits per heavy atom. The Labute approximate surface area is 151 Å². The monoisotopic (exact) mass is 361 g/mol. The van der Waals surface area contributed by atoms with E-state index in [0.29, 0.717) is 23.5 Å².